The second-order valence-electron chi connectivity index (χ2n) is 4.95. The maximum absolute atomic E-state index is 5.93. The summed E-state index contributed by atoms with van der Waals surface area (Å²) in [6, 6.07) is 0. The molecular formula is C13H14N4S. The smallest absolute Gasteiger partial charge is 0.155 e. The fourth-order valence-electron chi connectivity index (χ4n) is 3.00. The van der Waals surface area contributed by atoms with E-state index in [1.165, 1.54) is 35.1 Å². The number of nitrogens with zero attached hydrogens (tertiary/aromatic N) is 2. The zero-order chi connectivity index (χ0) is 12.3. The number of hydrogen-bond donors (Lipinski definition) is 2. The summed E-state index contributed by atoms with van der Waals surface area (Å²) in [7, 11) is 0. The number of fused-ring (bicyclic) bond motifs is 5. The van der Waals surface area contributed by atoms with Crippen molar-refractivity contribution in [2.45, 2.75) is 32.6 Å². The highest BCUT2D eigenvalue weighted by Gasteiger charge is 2.21. The number of aromatic nitrogens is 3. The Bertz CT molecular complexity index is 768. The average molecular weight is 258 g/mol. The molecule has 0 unspecified atom stereocenters. The van der Waals surface area contributed by atoms with E-state index in [0.29, 0.717) is 5.82 Å². The molecule has 3 aromatic rings. The van der Waals surface area contributed by atoms with Crippen molar-refractivity contribution in [3.05, 3.63) is 16.1 Å². The van der Waals surface area contributed by atoms with E-state index < -0.39 is 0 Å². The van der Waals surface area contributed by atoms with Gasteiger partial charge in [-0.3, -0.25) is 5.10 Å². The minimum Gasteiger partial charge on any atom is -0.382 e. The third-order valence-electron chi connectivity index (χ3n) is 3.83. The van der Waals surface area contributed by atoms with Gasteiger partial charge >= 0.3 is 0 Å². The van der Waals surface area contributed by atoms with Gasteiger partial charge in [0.2, 0.25) is 0 Å². The Morgan fingerprint density at radius 2 is 2.06 bits per heavy atom. The van der Waals surface area contributed by atoms with E-state index in [2.05, 4.69) is 10.2 Å². The Kier molecular flexibility index (Phi) is 1.97. The molecule has 5 heteroatoms. The molecule has 1 aliphatic carbocycles. The Balaban J connectivity index is 2.22. The zero-order valence-electron chi connectivity index (χ0n) is 10.2. The van der Waals surface area contributed by atoms with Gasteiger partial charge in [-0.05, 0) is 38.2 Å². The molecule has 0 saturated carbocycles. The van der Waals surface area contributed by atoms with Crippen LogP contribution >= 0.6 is 11.3 Å². The first-order chi connectivity index (χ1) is 8.75. The molecular weight excluding hydrogens is 244 g/mol. The normalized spacial score (nSPS) is 15.4. The predicted molar refractivity (Wildman–Crippen MR) is 75.1 cm³/mol. The number of nitrogens with two attached hydrogens (primary N) is 1. The summed E-state index contributed by atoms with van der Waals surface area (Å²) in [6.45, 7) is 2.01. The van der Waals surface area contributed by atoms with Crippen LogP contribution in [0, 0.1) is 6.92 Å². The maximum atomic E-state index is 5.93. The number of aromatic amines is 1. The van der Waals surface area contributed by atoms with Gasteiger partial charge in [0.15, 0.2) is 5.82 Å². The highest BCUT2D eigenvalue weighted by molar-refractivity contribution is 7.19. The fraction of sp³-hybridized carbons (Fsp3) is 0.385. The van der Waals surface area contributed by atoms with Crippen molar-refractivity contribution in [1.82, 2.24) is 15.2 Å². The summed E-state index contributed by atoms with van der Waals surface area (Å²) in [6.07, 6.45) is 4.93. The van der Waals surface area contributed by atoms with Gasteiger partial charge in [-0.25, -0.2) is 4.98 Å². The lowest BCUT2D eigenvalue weighted by molar-refractivity contribution is 0.700. The molecule has 0 saturated heterocycles. The molecule has 3 aromatic heterocycles. The molecule has 0 atom stereocenters. The van der Waals surface area contributed by atoms with Gasteiger partial charge < -0.3 is 5.73 Å². The third-order valence-corrected chi connectivity index (χ3v) is 5.01. The molecule has 4 rings (SSSR count). The summed E-state index contributed by atoms with van der Waals surface area (Å²) >= 11 is 1.84. The summed E-state index contributed by atoms with van der Waals surface area (Å²) in [4.78, 5) is 7.36. The van der Waals surface area contributed by atoms with E-state index in [1.807, 2.05) is 18.3 Å². The van der Waals surface area contributed by atoms with Crippen LogP contribution < -0.4 is 5.73 Å². The second kappa shape index (κ2) is 3.45. The summed E-state index contributed by atoms with van der Waals surface area (Å²) in [5, 5.41) is 9.51. The van der Waals surface area contributed by atoms with Crippen molar-refractivity contribution in [1.29, 1.82) is 0 Å². The predicted octanol–water partition coefficient (Wildman–Crippen LogP) is 2.94. The SMILES string of the molecule is Cc1nc2sc3c(c2c2[nH]nc(N)c12)CCCC3. The van der Waals surface area contributed by atoms with Crippen LogP contribution in [0.4, 0.5) is 5.82 Å². The van der Waals surface area contributed by atoms with E-state index in [4.69, 9.17) is 10.7 Å². The molecule has 92 valence electrons. The van der Waals surface area contributed by atoms with Gasteiger partial charge in [-0.15, -0.1) is 11.3 Å². The Morgan fingerprint density at radius 3 is 2.94 bits per heavy atom. The molecule has 0 fully saturated rings. The van der Waals surface area contributed by atoms with Crippen molar-refractivity contribution in [2.24, 2.45) is 0 Å². The minimum atomic E-state index is 0.563. The molecule has 4 nitrogen and oxygen atoms in total. The molecule has 0 amide bonds. The monoisotopic (exact) mass is 258 g/mol. The van der Waals surface area contributed by atoms with Gasteiger partial charge in [0, 0.05) is 10.3 Å². The largest absolute Gasteiger partial charge is 0.382 e. The first kappa shape index (κ1) is 10.3. The maximum Gasteiger partial charge on any atom is 0.155 e. The topological polar surface area (TPSA) is 67.6 Å². The van der Waals surface area contributed by atoms with Crippen molar-refractivity contribution in [3.8, 4) is 0 Å². The molecule has 18 heavy (non-hydrogen) atoms. The fourth-order valence-corrected chi connectivity index (χ4v) is 4.32. The Hall–Kier alpha value is -1.62. The van der Waals surface area contributed by atoms with Gasteiger partial charge in [0.25, 0.3) is 0 Å². The van der Waals surface area contributed by atoms with Crippen molar-refractivity contribution < 1.29 is 0 Å². The van der Waals surface area contributed by atoms with Crippen LogP contribution in [0.5, 0.6) is 0 Å². The van der Waals surface area contributed by atoms with Crippen molar-refractivity contribution >= 4 is 38.3 Å². The molecule has 0 aliphatic heterocycles. The van der Waals surface area contributed by atoms with Gasteiger partial charge in [0.1, 0.15) is 4.83 Å². The number of nitrogens with one attached hydrogen (secondary N) is 1. The van der Waals surface area contributed by atoms with E-state index in [-0.39, 0.29) is 0 Å². The van der Waals surface area contributed by atoms with Gasteiger partial charge in [-0.2, -0.15) is 5.10 Å². The number of H-pyrrole nitrogens is 1. The number of rotatable bonds is 0. The summed E-state index contributed by atoms with van der Waals surface area (Å²) in [5.74, 6) is 0.563. The number of pyridine rings is 1. The first-order valence-electron chi connectivity index (χ1n) is 6.30. The average Bonchev–Trinajstić information content (AvgIpc) is 2.90. The van der Waals surface area contributed by atoms with Gasteiger partial charge in [-0.1, -0.05) is 0 Å². The quantitative estimate of drug-likeness (QED) is 0.651. The Morgan fingerprint density at radius 1 is 1.22 bits per heavy atom. The van der Waals surface area contributed by atoms with E-state index in [1.54, 1.807) is 0 Å². The van der Waals surface area contributed by atoms with Crippen LogP contribution in [-0.2, 0) is 12.8 Å². The van der Waals surface area contributed by atoms with E-state index >= 15 is 0 Å². The first-order valence-corrected chi connectivity index (χ1v) is 7.11. The van der Waals surface area contributed by atoms with Crippen LogP contribution in [-0.4, -0.2) is 15.2 Å². The number of anilines is 1. The van der Waals surface area contributed by atoms with Crippen molar-refractivity contribution in [2.75, 3.05) is 5.73 Å². The molecule has 0 spiro atoms. The molecule has 0 aromatic carbocycles. The number of hydrogen-bond acceptors (Lipinski definition) is 4. The summed E-state index contributed by atoms with van der Waals surface area (Å²) in [5.41, 5.74) is 9.46. The van der Waals surface area contributed by atoms with E-state index in [0.717, 1.165) is 27.8 Å². The Labute approximate surface area is 108 Å². The van der Waals surface area contributed by atoms with Crippen molar-refractivity contribution in [3.63, 3.8) is 0 Å². The summed E-state index contributed by atoms with van der Waals surface area (Å²) < 4.78 is 0. The number of nitrogen functional groups attached to an aromatic ring is 1. The standard InChI is InChI=1S/C13H14N4S/c1-6-9-11(16-17-12(9)14)10-7-4-2-3-5-8(7)18-13(10)15-6/h2-5H2,1H3,(H3,14,16,17). The van der Waals surface area contributed by atoms with Crippen LogP contribution in [0.25, 0.3) is 21.1 Å². The third kappa shape index (κ3) is 1.20. The minimum absolute atomic E-state index is 0.563. The van der Waals surface area contributed by atoms with E-state index in [9.17, 15) is 0 Å². The molecule has 0 radical (unpaired) electrons. The molecule has 3 heterocycles. The van der Waals surface area contributed by atoms with Crippen LogP contribution in [0.15, 0.2) is 0 Å². The van der Waals surface area contributed by atoms with Gasteiger partial charge in [0.05, 0.1) is 16.6 Å². The van der Waals surface area contributed by atoms with Crippen LogP contribution in [0.3, 0.4) is 0 Å². The zero-order valence-corrected chi connectivity index (χ0v) is 11.0. The number of aryl methyl sites for hydroxylation is 3. The lowest BCUT2D eigenvalue weighted by Crippen LogP contribution is -1.98. The molecule has 3 N–H and O–H groups in total. The lowest BCUT2D eigenvalue weighted by atomic mass is 9.96. The lowest BCUT2D eigenvalue weighted by Gasteiger charge is -2.10. The highest BCUT2D eigenvalue weighted by atomic mass is 32.1. The van der Waals surface area contributed by atoms with Crippen LogP contribution in [0.2, 0.25) is 0 Å². The van der Waals surface area contributed by atoms with Crippen LogP contribution in [0.1, 0.15) is 29.0 Å². The highest BCUT2D eigenvalue weighted by Crippen LogP contribution is 2.40. The number of thiophene rings is 1. The second-order valence-corrected chi connectivity index (χ2v) is 6.03. The molecule has 0 bridgehead atoms. The molecule has 1 aliphatic rings.